The van der Waals surface area contributed by atoms with Gasteiger partial charge >= 0.3 is 5.97 Å². The number of carbonyl (C=O) groups excluding carboxylic acids is 6. The Hall–Kier alpha value is -4.44. The van der Waals surface area contributed by atoms with Crippen LogP contribution in [0.2, 0.25) is 0 Å². The van der Waals surface area contributed by atoms with Crippen molar-refractivity contribution in [2.75, 3.05) is 26.2 Å². The van der Waals surface area contributed by atoms with Crippen LogP contribution < -0.4 is 60.6 Å². The third-order valence-electron chi connectivity index (χ3n) is 8.36. The van der Waals surface area contributed by atoms with E-state index in [4.69, 9.17) is 40.3 Å². The van der Waals surface area contributed by atoms with Crippen molar-refractivity contribution in [3.05, 3.63) is 35.9 Å². The van der Waals surface area contributed by atoms with E-state index in [-0.39, 0.29) is 64.7 Å². The molecule has 0 saturated carbocycles. The average Bonchev–Trinajstić information content (AvgIpc) is 3.12. The fourth-order valence-electron chi connectivity index (χ4n) is 5.38. The second-order valence-corrected chi connectivity index (χ2v) is 14.9. The Kier molecular flexibility index (Phi) is 22.1. The number of rotatable bonds is 26. The van der Waals surface area contributed by atoms with Gasteiger partial charge in [-0.2, -0.15) is 0 Å². The lowest BCUT2D eigenvalue weighted by Crippen LogP contribution is -2.61. The lowest BCUT2D eigenvalue weighted by atomic mass is 9.99. The van der Waals surface area contributed by atoms with Crippen LogP contribution >= 0.6 is 11.6 Å². The Morgan fingerprint density at radius 3 is 1.41 bits per heavy atom. The highest BCUT2D eigenvalue weighted by Crippen LogP contribution is 2.20. The molecular weight excluding hydrogens is 754 g/mol. The molecule has 1 aromatic carbocycles. The maximum Gasteiger partial charge on any atom is 0.328 e. The highest BCUT2D eigenvalue weighted by molar-refractivity contribution is 6.23. The molecule has 1 rings (SSSR count). The first kappa shape index (κ1) is 49.6. The van der Waals surface area contributed by atoms with E-state index in [2.05, 4.69) is 31.9 Å². The van der Waals surface area contributed by atoms with Crippen molar-refractivity contribution in [3.63, 3.8) is 0 Å². The van der Waals surface area contributed by atoms with Crippen molar-refractivity contribution in [2.45, 2.75) is 113 Å². The number of amides is 6. The summed E-state index contributed by atoms with van der Waals surface area (Å²) in [5.41, 5.74) is 29.1. The molecule has 0 aliphatic carbocycles. The predicted octanol–water partition coefficient (Wildman–Crippen LogP) is -4.27. The Balaban J connectivity index is 3.38. The minimum atomic E-state index is -1.68. The summed E-state index contributed by atoms with van der Waals surface area (Å²) in [5, 5.41) is 34.1. The first-order valence-electron chi connectivity index (χ1n) is 18.3. The third kappa shape index (κ3) is 18.0. The van der Waals surface area contributed by atoms with E-state index >= 15 is 0 Å². The van der Waals surface area contributed by atoms with Gasteiger partial charge in [0.25, 0.3) is 0 Å². The SMILES string of the molecule is C[C@@H](O)[C@H](NC(=O)[C@H](CCN)NC(=O)[C@H](CCN)NC(=O)[C@H](CC(C)(C)Cl)NC(=O)[C@@H](Cc1ccccc1)NC(=O)[C@H](CCN)NC(=O)[C@@H](N)CCN)C(=O)O. The second kappa shape index (κ2) is 24.9. The number of carboxylic acids is 1. The van der Waals surface area contributed by atoms with Crippen LogP contribution in [-0.4, -0.2) is 131 Å². The number of aliphatic hydroxyl groups is 1. The summed E-state index contributed by atoms with van der Waals surface area (Å²) in [7, 11) is 0. The number of nitrogens with two attached hydrogens (primary N) is 5. The van der Waals surface area contributed by atoms with Gasteiger partial charge in [-0.1, -0.05) is 30.3 Å². The van der Waals surface area contributed by atoms with Gasteiger partial charge in [0, 0.05) is 11.3 Å². The van der Waals surface area contributed by atoms with E-state index in [9.17, 15) is 43.8 Å². The average molecular weight is 814 g/mol. The van der Waals surface area contributed by atoms with Crippen LogP contribution in [0.15, 0.2) is 30.3 Å². The number of aliphatic hydroxyl groups excluding tert-OH is 1. The summed E-state index contributed by atoms with van der Waals surface area (Å²) in [6.07, 6.45) is -1.74. The number of carboxylic acid groups (broad SMARTS) is 1. The van der Waals surface area contributed by atoms with Crippen molar-refractivity contribution >= 4 is 53.0 Å². The Bertz CT molecular complexity index is 1450. The highest BCUT2D eigenvalue weighted by atomic mass is 35.5. The molecule has 0 unspecified atom stereocenters. The number of hydrogen-bond donors (Lipinski definition) is 13. The first-order valence-corrected chi connectivity index (χ1v) is 18.7. The molecule has 0 bridgehead atoms. The minimum absolute atomic E-state index is 0.00694. The molecule has 0 heterocycles. The van der Waals surface area contributed by atoms with E-state index in [1.54, 1.807) is 44.2 Å². The van der Waals surface area contributed by atoms with Crippen LogP contribution in [0.3, 0.4) is 0 Å². The van der Waals surface area contributed by atoms with Gasteiger partial charge in [-0.05, 0) is 84.6 Å². The lowest BCUT2D eigenvalue weighted by Gasteiger charge is -2.29. The van der Waals surface area contributed by atoms with E-state index in [1.165, 1.54) is 0 Å². The van der Waals surface area contributed by atoms with Crippen LogP contribution in [0.1, 0.15) is 58.4 Å². The van der Waals surface area contributed by atoms with E-state index in [1.807, 2.05) is 0 Å². The Morgan fingerprint density at radius 1 is 0.625 bits per heavy atom. The summed E-state index contributed by atoms with van der Waals surface area (Å²) < 4.78 is 0. The first-order chi connectivity index (χ1) is 26.3. The van der Waals surface area contributed by atoms with Gasteiger partial charge < -0.3 is 70.8 Å². The molecule has 0 aliphatic rings. The van der Waals surface area contributed by atoms with Gasteiger partial charge in [0.05, 0.1) is 12.1 Å². The molecule has 0 fully saturated rings. The fourth-order valence-corrected chi connectivity index (χ4v) is 5.54. The smallest absolute Gasteiger partial charge is 0.328 e. The third-order valence-corrected chi connectivity index (χ3v) is 8.52. The molecular formula is C35H60ClN11O9. The summed E-state index contributed by atoms with van der Waals surface area (Å²) in [6.45, 7) is 4.30. The highest BCUT2D eigenvalue weighted by Gasteiger charge is 2.35. The molecule has 1 aromatic rings. The molecule has 0 aromatic heterocycles. The zero-order chi connectivity index (χ0) is 42.6. The second-order valence-electron chi connectivity index (χ2n) is 13.9. The molecule has 0 saturated heterocycles. The van der Waals surface area contributed by atoms with Gasteiger partial charge in [-0.25, -0.2) is 4.79 Å². The molecule has 8 atom stereocenters. The maximum atomic E-state index is 14.0. The molecule has 18 N–H and O–H groups in total. The largest absolute Gasteiger partial charge is 0.480 e. The molecule has 21 heteroatoms. The van der Waals surface area contributed by atoms with Gasteiger partial charge in [0.2, 0.25) is 35.4 Å². The van der Waals surface area contributed by atoms with Crippen molar-refractivity contribution in [1.29, 1.82) is 0 Å². The number of hydrogen-bond acceptors (Lipinski definition) is 13. The van der Waals surface area contributed by atoms with Crippen molar-refractivity contribution in [3.8, 4) is 0 Å². The molecule has 56 heavy (non-hydrogen) atoms. The van der Waals surface area contributed by atoms with E-state index in [0.717, 1.165) is 6.92 Å². The van der Waals surface area contributed by atoms with Gasteiger partial charge in [0.15, 0.2) is 6.04 Å². The van der Waals surface area contributed by atoms with Crippen LogP contribution in [-0.2, 0) is 40.0 Å². The number of alkyl halides is 1. The summed E-state index contributed by atoms with van der Waals surface area (Å²) >= 11 is 6.52. The lowest BCUT2D eigenvalue weighted by molar-refractivity contribution is -0.145. The molecule has 20 nitrogen and oxygen atoms in total. The van der Waals surface area contributed by atoms with Gasteiger partial charge in [-0.3, -0.25) is 28.8 Å². The summed E-state index contributed by atoms with van der Waals surface area (Å²) in [6, 6.07) is -0.511. The van der Waals surface area contributed by atoms with Crippen molar-refractivity contribution < 1.29 is 43.8 Å². The van der Waals surface area contributed by atoms with E-state index < -0.39 is 94.7 Å². The topological polar surface area (TPSA) is 362 Å². The number of nitrogens with one attached hydrogen (secondary N) is 6. The summed E-state index contributed by atoms with van der Waals surface area (Å²) in [5.74, 6) is -6.35. The normalized spacial score (nSPS) is 15.7. The van der Waals surface area contributed by atoms with Gasteiger partial charge in [-0.15, -0.1) is 11.6 Å². The summed E-state index contributed by atoms with van der Waals surface area (Å²) in [4.78, 5) is 90.9. The Morgan fingerprint density at radius 2 is 1.00 bits per heavy atom. The van der Waals surface area contributed by atoms with Crippen LogP contribution in [0.5, 0.6) is 0 Å². The monoisotopic (exact) mass is 813 g/mol. The molecule has 0 aliphatic heterocycles. The van der Waals surface area contributed by atoms with E-state index in [0.29, 0.717) is 5.56 Å². The molecule has 316 valence electrons. The van der Waals surface area contributed by atoms with Crippen molar-refractivity contribution in [1.82, 2.24) is 31.9 Å². The number of carbonyl (C=O) groups is 7. The maximum absolute atomic E-state index is 14.0. The predicted molar refractivity (Wildman–Crippen MR) is 208 cm³/mol. The molecule has 6 amide bonds. The molecule has 0 radical (unpaired) electrons. The minimum Gasteiger partial charge on any atom is -0.480 e. The van der Waals surface area contributed by atoms with Crippen LogP contribution in [0.25, 0.3) is 0 Å². The number of halogens is 1. The zero-order valence-corrected chi connectivity index (χ0v) is 32.8. The fraction of sp³-hybridized carbons (Fsp3) is 0.629. The van der Waals surface area contributed by atoms with Crippen LogP contribution in [0.4, 0.5) is 0 Å². The van der Waals surface area contributed by atoms with Crippen LogP contribution in [0, 0.1) is 0 Å². The Labute approximate surface area is 331 Å². The molecule has 0 spiro atoms. The number of benzene rings is 1. The van der Waals surface area contributed by atoms with Gasteiger partial charge in [0.1, 0.15) is 30.2 Å². The quantitative estimate of drug-likeness (QED) is 0.0394. The standard InChI is InChI=1S/C35H60ClN11O9/c1-19(48)27(34(55)56)47-31(52)24(12-16-40)43-29(50)23(11-15-39)44-33(54)26(18-35(2,3)36)46-32(53)25(17-20-7-5-4-6-8-20)45-30(51)22(10-14-38)42-28(49)21(41)9-13-37/h4-8,19,21-27,48H,9-18,37-41H2,1-3H3,(H,42,49)(H,43,50)(H,44,54)(H,45,51)(H,46,53)(H,47,52)(H,55,56)/t19-,21+,22+,23+,24+,25-,26+,27+/m1/s1. The zero-order valence-electron chi connectivity index (χ0n) is 32.1. The number of aliphatic carboxylic acids is 1. The van der Waals surface area contributed by atoms with Crippen molar-refractivity contribution in [2.24, 2.45) is 28.7 Å².